The molecule has 1 heterocycles. The van der Waals surface area contributed by atoms with E-state index in [0.717, 1.165) is 11.9 Å². The summed E-state index contributed by atoms with van der Waals surface area (Å²) in [6.45, 7) is 0.154. The van der Waals surface area contributed by atoms with E-state index in [9.17, 15) is 8.42 Å². The van der Waals surface area contributed by atoms with Crippen LogP contribution in [0.2, 0.25) is 0 Å². The van der Waals surface area contributed by atoms with Crippen molar-refractivity contribution in [1.82, 2.24) is 10.2 Å². The van der Waals surface area contributed by atoms with Gasteiger partial charge in [0.2, 0.25) is 0 Å². The maximum atomic E-state index is 10.5. The normalized spacial score (nSPS) is 11.8. The Hall–Kier alpha value is -0.880. The second-order valence-corrected chi connectivity index (χ2v) is 4.00. The Kier molecular flexibility index (Phi) is 2.83. The molecule has 68 valence electrons. The van der Waals surface area contributed by atoms with Gasteiger partial charge in [-0.25, -0.2) is 0 Å². The summed E-state index contributed by atoms with van der Waals surface area (Å²) in [7, 11) is -3.31. The van der Waals surface area contributed by atoms with Gasteiger partial charge in [-0.05, 0) is 6.07 Å². The summed E-state index contributed by atoms with van der Waals surface area (Å²) < 4.78 is 25.6. The van der Waals surface area contributed by atoms with Gasteiger partial charge in [0.05, 0.1) is 12.9 Å². The summed E-state index contributed by atoms with van der Waals surface area (Å²) in [6, 6.07) is 1.77. The first-order chi connectivity index (χ1) is 5.58. The minimum absolute atomic E-state index is 0.154. The van der Waals surface area contributed by atoms with Crippen molar-refractivity contribution < 1.29 is 12.6 Å². The third-order valence-electron chi connectivity index (χ3n) is 1.23. The summed E-state index contributed by atoms with van der Waals surface area (Å²) in [5.41, 5.74) is 0.860. The van der Waals surface area contributed by atoms with Gasteiger partial charge in [0.1, 0.15) is 0 Å². The van der Waals surface area contributed by atoms with E-state index in [2.05, 4.69) is 14.4 Å². The molecule has 0 amide bonds. The Balaban J connectivity index is 2.29. The molecule has 0 radical (unpaired) electrons. The molecule has 0 aliphatic rings. The van der Waals surface area contributed by atoms with E-state index in [1.807, 2.05) is 0 Å². The van der Waals surface area contributed by atoms with Crippen LogP contribution in [-0.2, 0) is 20.7 Å². The van der Waals surface area contributed by atoms with Crippen LogP contribution >= 0.6 is 0 Å². The molecule has 6 heteroatoms. The van der Waals surface area contributed by atoms with Crippen LogP contribution in [0.3, 0.4) is 0 Å². The zero-order valence-electron chi connectivity index (χ0n) is 6.65. The van der Waals surface area contributed by atoms with Crippen molar-refractivity contribution in [3.63, 3.8) is 0 Å². The first-order valence-corrected chi connectivity index (χ1v) is 5.22. The van der Waals surface area contributed by atoms with Crippen LogP contribution in [0.15, 0.2) is 12.3 Å². The molecule has 0 aromatic carbocycles. The number of nitrogens with zero attached hydrogens (tertiary/aromatic N) is 1. The van der Waals surface area contributed by atoms with E-state index >= 15 is 0 Å². The highest BCUT2D eigenvalue weighted by Gasteiger charge is 2.01. The van der Waals surface area contributed by atoms with Gasteiger partial charge in [-0.15, -0.1) is 0 Å². The largest absolute Gasteiger partial charge is 0.282 e. The Morgan fingerprint density at radius 1 is 1.67 bits per heavy atom. The molecule has 0 fully saturated rings. The van der Waals surface area contributed by atoms with Gasteiger partial charge in [0.25, 0.3) is 10.1 Å². The zero-order chi connectivity index (χ0) is 9.03. The Labute approximate surface area is 70.9 Å². The SMILES string of the molecule is CS(=O)(=O)OCCc1ccn[nH]1. The van der Waals surface area contributed by atoms with Crippen molar-refractivity contribution in [2.24, 2.45) is 0 Å². The lowest BCUT2D eigenvalue weighted by atomic mass is 10.3. The number of aromatic nitrogens is 2. The van der Waals surface area contributed by atoms with Crippen LogP contribution < -0.4 is 0 Å². The van der Waals surface area contributed by atoms with E-state index in [0.29, 0.717) is 6.42 Å². The Morgan fingerprint density at radius 3 is 2.92 bits per heavy atom. The molecule has 0 spiro atoms. The minimum Gasteiger partial charge on any atom is -0.282 e. The Bertz CT molecular complexity index is 317. The summed E-state index contributed by atoms with van der Waals surface area (Å²) >= 11 is 0. The third kappa shape index (κ3) is 3.49. The van der Waals surface area contributed by atoms with Gasteiger partial charge in [-0.2, -0.15) is 13.5 Å². The molecule has 1 aromatic heterocycles. The standard InChI is InChI=1S/C6H10N2O3S/c1-12(9,10)11-5-3-6-2-4-7-8-6/h2,4H,3,5H2,1H3,(H,7,8). The molecular formula is C6H10N2O3S. The molecule has 0 bridgehead atoms. The summed E-state index contributed by atoms with van der Waals surface area (Å²) in [4.78, 5) is 0. The molecule has 12 heavy (non-hydrogen) atoms. The molecule has 5 nitrogen and oxygen atoms in total. The summed E-state index contributed by atoms with van der Waals surface area (Å²) in [5, 5.41) is 6.41. The van der Waals surface area contributed by atoms with Crippen LogP contribution in [-0.4, -0.2) is 31.5 Å². The predicted octanol–water partition coefficient (Wildman–Crippen LogP) is -0.0716. The van der Waals surface area contributed by atoms with E-state index in [-0.39, 0.29) is 6.61 Å². The van der Waals surface area contributed by atoms with Crippen molar-refractivity contribution in [3.05, 3.63) is 18.0 Å². The molecule has 0 saturated carbocycles. The lowest BCUT2D eigenvalue weighted by Gasteiger charge is -1.97. The zero-order valence-corrected chi connectivity index (χ0v) is 7.47. The summed E-state index contributed by atoms with van der Waals surface area (Å²) in [6.07, 6.45) is 3.16. The first-order valence-electron chi connectivity index (χ1n) is 3.40. The fraction of sp³-hybridized carbons (Fsp3) is 0.500. The first kappa shape index (κ1) is 9.21. The number of rotatable bonds is 4. The molecule has 0 atom stereocenters. The third-order valence-corrected chi connectivity index (χ3v) is 1.82. The van der Waals surface area contributed by atoms with Crippen molar-refractivity contribution >= 4 is 10.1 Å². The maximum Gasteiger partial charge on any atom is 0.264 e. The van der Waals surface area contributed by atoms with Crippen molar-refractivity contribution in [1.29, 1.82) is 0 Å². The molecule has 0 aliphatic heterocycles. The molecule has 1 rings (SSSR count). The molecule has 0 saturated heterocycles. The van der Waals surface area contributed by atoms with E-state index in [1.165, 1.54) is 0 Å². The van der Waals surface area contributed by atoms with Crippen LogP contribution in [0.1, 0.15) is 5.69 Å². The van der Waals surface area contributed by atoms with Crippen LogP contribution in [0.25, 0.3) is 0 Å². The van der Waals surface area contributed by atoms with Crippen molar-refractivity contribution in [2.45, 2.75) is 6.42 Å². The van der Waals surface area contributed by atoms with Crippen molar-refractivity contribution in [2.75, 3.05) is 12.9 Å². The number of hydrogen-bond acceptors (Lipinski definition) is 4. The van der Waals surface area contributed by atoms with Crippen LogP contribution in [0.4, 0.5) is 0 Å². The van der Waals surface area contributed by atoms with Gasteiger partial charge in [0, 0.05) is 18.3 Å². The molecule has 0 aliphatic carbocycles. The molecule has 1 N–H and O–H groups in total. The highest BCUT2D eigenvalue weighted by molar-refractivity contribution is 7.85. The van der Waals surface area contributed by atoms with E-state index < -0.39 is 10.1 Å². The smallest absolute Gasteiger partial charge is 0.264 e. The fourth-order valence-corrected chi connectivity index (χ4v) is 1.11. The number of nitrogens with one attached hydrogen (secondary N) is 1. The lowest BCUT2D eigenvalue weighted by Crippen LogP contribution is -2.06. The van der Waals surface area contributed by atoms with Gasteiger partial charge in [-0.1, -0.05) is 0 Å². The molecule has 0 unspecified atom stereocenters. The van der Waals surface area contributed by atoms with Gasteiger partial charge in [-0.3, -0.25) is 9.28 Å². The van der Waals surface area contributed by atoms with Crippen LogP contribution in [0, 0.1) is 0 Å². The highest BCUT2D eigenvalue weighted by atomic mass is 32.2. The molecule has 1 aromatic rings. The maximum absolute atomic E-state index is 10.5. The predicted molar refractivity (Wildman–Crippen MR) is 43.1 cm³/mol. The van der Waals surface area contributed by atoms with Gasteiger partial charge in [0.15, 0.2) is 0 Å². The number of H-pyrrole nitrogens is 1. The molecular weight excluding hydrogens is 180 g/mol. The van der Waals surface area contributed by atoms with Gasteiger partial charge < -0.3 is 0 Å². The van der Waals surface area contributed by atoms with Gasteiger partial charge >= 0.3 is 0 Å². The minimum atomic E-state index is -3.31. The van der Waals surface area contributed by atoms with Crippen molar-refractivity contribution in [3.8, 4) is 0 Å². The monoisotopic (exact) mass is 190 g/mol. The topological polar surface area (TPSA) is 72.1 Å². The van der Waals surface area contributed by atoms with E-state index in [1.54, 1.807) is 12.3 Å². The highest BCUT2D eigenvalue weighted by Crippen LogP contribution is 1.95. The second kappa shape index (κ2) is 3.68. The lowest BCUT2D eigenvalue weighted by molar-refractivity contribution is 0.324. The van der Waals surface area contributed by atoms with E-state index in [4.69, 9.17) is 0 Å². The average molecular weight is 190 g/mol. The Morgan fingerprint density at radius 2 is 2.42 bits per heavy atom. The second-order valence-electron chi connectivity index (χ2n) is 2.36. The number of aromatic amines is 1. The average Bonchev–Trinajstić information content (AvgIpc) is 2.36. The van der Waals surface area contributed by atoms with Crippen LogP contribution in [0.5, 0.6) is 0 Å². The number of hydrogen-bond donors (Lipinski definition) is 1. The summed E-state index contributed by atoms with van der Waals surface area (Å²) in [5.74, 6) is 0. The fourth-order valence-electron chi connectivity index (χ4n) is 0.727. The quantitative estimate of drug-likeness (QED) is 0.674.